The summed E-state index contributed by atoms with van der Waals surface area (Å²) in [6.45, 7) is 7.86. The average molecular weight is 366 g/mol. The summed E-state index contributed by atoms with van der Waals surface area (Å²) < 4.78 is 25.2. The Labute approximate surface area is 152 Å². The molecule has 0 spiro atoms. The molecule has 0 aromatic heterocycles. The molecule has 0 saturated heterocycles. The first-order valence-electron chi connectivity index (χ1n) is 9.21. The summed E-state index contributed by atoms with van der Waals surface area (Å²) in [5.74, 6) is -0.463. The molecule has 5 heteroatoms. The summed E-state index contributed by atoms with van der Waals surface area (Å²) in [5.41, 5.74) is 1.92. The van der Waals surface area contributed by atoms with E-state index in [1.54, 1.807) is 0 Å². The second kappa shape index (κ2) is 7.90. The molecule has 1 N–H and O–H groups in total. The van der Waals surface area contributed by atoms with Crippen molar-refractivity contribution in [1.29, 1.82) is 0 Å². The average Bonchev–Trinajstić information content (AvgIpc) is 2.54. The summed E-state index contributed by atoms with van der Waals surface area (Å²) in [6, 6.07) is 7.77. The van der Waals surface area contributed by atoms with Gasteiger partial charge < -0.3 is 5.32 Å². The Morgan fingerprint density at radius 1 is 1.12 bits per heavy atom. The summed E-state index contributed by atoms with van der Waals surface area (Å²) in [7, 11) is -3.52. The highest BCUT2D eigenvalue weighted by Crippen LogP contribution is 2.23. The first-order chi connectivity index (χ1) is 11.6. The summed E-state index contributed by atoms with van der Waals surface area (Å²) >= 11 is 0. The van der Waals surface area contributed by atoms with E-state index >= 15 is 0 Å². The maximum Gasteiger partial charge on any atom is 0.238 e. The van der Waals surface area contributed by atoms with E-state index in [1.165, 1.54) is 13.3 Å². The fraction of sp³-hybridized carbons (Fsp3) is 0.650. The normalized spacial score (nSPS) is 17.9. The lowest BCUT2D eigenvalue weighted by molar-refractivity contribution is -0.121. The van der Waals surface area contributed by atoms with Crippen LogP contribution in [0.5, 0.6) is 0 Å². The molecular formula is C20H31NO3S. The summed E-state index contributed by atoms with van der Waals surface area (Å²) in [4.78, 5) is 12.3. The van der Waals surface area contributed by atoms with Gasteiger partial charge in [0.2, 0.25) is 5.91 Å². The van der Waals surface area contributed by atoms with E-state index in [1.807, 2.05) is 24.3 Å². The van der Waals surface area contributed by atoms with E-state index in [0.717, 1.165) is 36.8 Å². The largest absolute Gasteiger partial charge is 0.352 e. The standard InChI is InChI=1S/C20H31NO3S/c1-15(19(22)21-18-8-6-5-7-9-18)25(23,24)14-16-10-12-17(13-11-16)20(2,3)4/h10-13,15,18H,5-9,14H2,1-4H3,(H,21,22). The molecule has 1 amide bonds. The Kier molecular flexibility index (Phi) is 6.30. The smallest absolute Gasteiger partial charge is 0.238 e. The molecule has 1 aromatic rings. The molecule has 0 aliphatic heterocycles. The second-order valence-electron chi connectivity index (χ2n) is 8.24. The minimum absolute atomic E-state index is 0.0323. The van der Waals surface area contributed by atoms with Crippen LogP contribution in [-0.2, 0) is 25.8 Å². The SMILES string of the molecule is CC(C(=O)NC1CCCCC1)S(=O)(=O)Cc1ccc(C(C)(C)C)cc1. The molecule has 1 aliphatic carbocycles. The zero-order valence-corrected chi connectivity index (χ0v) is 16.7. The predicted octanol–water partition coefficient (Wildman–Crippen LogP) is 3.74. The van der Waals surface area contributed by atoms with Crippen molar-refractivity contribution in [2.24, 2.45) is 0 Å². The third-order valence-electron chi connectivity index (χ3n) is 5.05. The van der Waals surface area contributed by atoms with Crippen molar-refractivity contribution in [3.63, 3.8) is 0 Å². The third-order valence-corrected chi connectivity index (χ3v) is 7.07. The van der Waals surface area contributed by atoms with Gasteiger partial charge in [-0.25, -0.2) is 8.42 Å². The molecule has 0 heterocycles. The van der Waals surface area contributed by atoms with Gasteiger partial charge in [-0.05, 0) is 36.3 Å². The van der Waals surface area contributed by atoms with E-state index in [9.17, 15) is 13.2 Å². The van der Waals surface area contributed by atoms with Crippen LogP contribution in [0, 0.1) is 0 Å². The van der Waals surface area contributed by atoms with Crippen molar-refractivity contribution in [1.82, 2.24) is 5.32 Å². The number of rotatable bonds is 5. The molecule has 0 radical (unpaired) electrons. The quantitative estimate of drug-likeness (QED) is 0.864. The molecule has 1 unspecified atom stereocenters. The van der Waals surface area contributed by atoms with Gasteiger partial charge in [-0.15, -0.1) is 0 Å². The first kappa shape index (κ1) is 20.0. The van der Waals surface area contributed by atoms with Gasteiger partial charge in [0.1, 0.15) is 5.25 Å². The summed E-state index contributed by atoms with van der Waals surface area (Å²) in [6.07, 6.45) is 5.31. The van der Waals surface area contributed by atoms with E-state index in [4.69, 9.17) is 0 Å². The zero-order valence-electron chi connectivity index (χ0n) is 15.8. The Hall–Kier alpha value is -1.36. The molecule has 25 heavy (non-hydrogen) atoms. The molecular weight excluding hydrogens is 334 g/mol. The van der Waals surface area contributed by atoms with Crippen molar-refractivity contribution >= 4 is 15.7 Å². The first-order valence-corrected chi connectivity index (χ1v) is 10.9. The monoisotopic (exact) mass is 365 g/mol. The molecule has 1 saturated carbocycles. The van der Waals surface area contributed by atoms with Crippen LogP contribution >= 0.6 is 0 Å². The van der Waals surface area contributed by atoms with Crippen LogP contribution in [0.15, 0.2) is 24.3 Å². The van der Waals surface area contributed by atoms with Crippen molar-refractivity contribution in [2.45, 2.75) is 82.3 Å². The minimum atomic E-state index is -3.52. The highest BCUT2D eigenvalue weighted by Gasteiger charge is 2.30. The number of sulfone groups is 1. The zero-order chi connectivity index (χ0) is 18.7. The number of carbonyl (C=O) groups is 1. The molecule has 1 aliphatic rings. The van der Waals surface area contributed by atoms with Crippen molar-refractivity contribution in [3.05, 3.63) is 35.4 Å². The molecule has 1 fully saturated rings. The van der Waals surface area contributed by atoms with Crippen LogP contribution in [0.3, 0.4) is 0 Å². The molecule has 0 bridgehead atoms. The van der Waals surface area contributed by atoms with Gasteiger partial charge in [-0.1, -0.05) is 64.3 Å². The van der Waals surface area contributed by atoms with E-state index in [-0.39, 0.29) is 23.1 Å². The van der Waals surface area contributed by atoms with Crippen LogP contribution in [0.1, 0.15) is 70.9 Å². The van der Waals surface area contributed by atoms with Gasteiger partial charge in [0.15, 0.2) is 9.84 Å². The number of amides is 1. The van der Waals surface area contributed by atoms with Crippen molar-refractivity contribution in [2.75, 3.05) is 0 Å². The molecule has 1 aromatic carbocycles. The van der Waals surface area contributed by atoms with Gasteiger partial charge in [0, 0.05) is 6.04 Å². The van der Waals surface area contributed by atoms with E-state index in [2.05, 4.69) is 26.1 Å². The van der Waals surface area contributed by atoms with Gasteiger partial charge in [-0.2, -0.15) is 0 Å². The maximum atomic E-state index is 12.6. The Morgan fingerprint density at radius 2 is 1.68 bits per heavy atom. The number of carbonyl (C=O) groups excluding carboxylic acids is 1. The number of nitrogens with one attached hydrogen (secondary N) is 1. The molecule has 140 valence electrons. The van der Waals surface area contributed by atoms with E-state index in [0.29, 0.717) is 0 Å². The second-order valence-corrected chi connectivity index (χ2v) is 10.6. The van der Waals surface area contributed by atoms with Crippen LogP contribution in [0.2, 0.25) is 0 Å². The number of hydrogen-bond donors (Lipinski definition) is 1. The van der Waals surface area contributed by atoms with Gasteiger partial charge >= 0.3 is 0 Å². The Bertz CT molecular complexity index is 681. The van der Waals surface area contributed by atoms with Crippen molar-refractivity contribution in [3.8, 4) is 0 Å². The van der Waals surface area contributed by atoms with Gasteiger partial charge in [0.05, 0.1) is 5.75 Å². The molecule has 1 atom stereocenters. The Morgan fingerprint density at radius 3 is 2.20 bits per heavy atom. The molecule has 4 nitrogen and oxygen atoms in total. The molecule has 2 rings (SSSR count). The number of benzene rings is 1. The lowest BCUT2D eigenvalue weighted by atomic mass is 9.87. The van der Waals surface area contributed by atoms with Gasteiger partial charge in [-0.3, -0.25) is 4.79 Å². The third kappa shape index (κ3) is 5.56. The Balaban J connectivity index is 2.00. The minimum Gasteiger partial charge on any atom is -0.352 e. The highest BCUT2D eigenvalue weighted by molar-refractivity contribution is 7.92. The van der Waals surface area contributed by atoms with E-state index < -0.39 is 15.1 Å². The van der Waals surface area contributed by atoms with Crippen LogP contribution in [0.4, 0.5) is 0 Å². The number of hydrogen-bond acceptors (Lipinski definition) is 3. The van der Waals surface area contributed by atoms with Crippen LogP contribution in [0.25, 0.3) is 0 Å². The van der Waals surface area contributed by atoms with Crippen LogP contribution in [-0.4, -0.2) is 25.6 Å². The maximum absolute atomic E-state index is 12.6. The topological polar surface area (TPSA) is 63.2 Å². The highest BCUT2D eigenvalue weighted by atomic mass is 32.2. The predicted molar refractivity (Wildman–Crippen MR) is 102 cm³/mol. The van der Waals surface area contributed by atoms with Crippen LogP contribution < -0.4 is 5.32 Å². The van der Waals surface area contributed by atoms with Gasteiger partial charge in [0.25, 0.3) is 0 Å². The summed E-state index contributed by atoms with van der Waals surface area (Å²) in [5, 5.41) is 1.90. The van der Waals surface area contributed by atoms with Crippen molar-refractivity contribution < 1.29 is 13.2 Å². The fourth-order valence-electron chi connectivity index (χ4n) is 3.19. The lowest BCUT2D eigenvalue weighted by Gasteiger charge is -2.24. The lowest BCUT2D eigenvalue weighted by Crippen LogP contribution is -2.44. The fourth-order valence-corrected chi connectivity index (χ4v) is 4.49.